The van der Waals surface area contributed by atoms with Gasteiger partial charge in [-0.2, -0.15) is 4.31 Å². The van der Waals surface area contributed by atoms with Crippen molar-refractivity contribution < 1.29 is 37.3 Å². The van der Waals surface area contributed by atoms with Crippen molar-refractivity contribution in [2.45, 2.75) is 37.0 Å². The van der Waals surface area contributed by atoms with Gasteiger partial charge in [0.15, 0.2) is 5.76 Å². The Labute approximate surface area is 268 Å². The number of ether oxygens (including phenoxy) is 3. The van der Waals surface area contributed by atoms with Gasteiger partial charge in [0.1, 0.15) is 5.75 Å². The molecule has 1 aromatic heterocycles. The highest BCUT2D eigenvalue weighted by atomic mass is 32.2. The maximum Gasteiger partial charge on any atom is 0.286 e. The molecule has 1 aliphatic heterocycles. The number of aromatic nitrogens is 1. The molecule has 242 valence electrons. The van der Waals surface area contributed by atoms with Crippen molar-refractivity contribution in [2.75, 3.05) is 33.4 Å². The number of benzene rings is 3. The van der Waals surface area contributed by atoms with E-state index in [2.05, 4.69) is 5.32 Å². The maximum atomic E-state index is 13.3. The highest BCUT2D eigenvalue weighted by Gasteiger charge is 2.32. The van der Waals surface area contributed by atoms with Gasteiger partial charge in [-0.05, 0) is 47.5 Å². The molecule has 0 unspecified atom stereocenters. The number of aliphatic hydroxyl groups is 1. The molecule has 0 aliphatic carbocycles. The second kappa shape index (κ2) is 14.7. The standard InChI is InChI=1S/C34H37N3O8S/c1-24(39)37-23-30(29-10-6-7-11-31(29)37)26-20-32(34(40)35-22-25-8-4-3-5-9-25)45-33(21-26)44-19-17-36(16-18-38)46(41,42)28-14-12-27(43-2)13-15-28/h3-15,20,23,26,33,38H,16-19,21-22H2,1-2H3,(H,35,40)/t26-,33+/m1/s1. The van der Waals surface area contributed by atoms with Gasteiger partial charge in [0.05, 0.1) is 30.7 Å². The number of amides is 1. The maximum absolute atomic E-state index is 13.3. The summed E-state index contributed by atoms with van der Waals surface area (Å²) < 4.78 is 46.6. The van der Waals surface area contributed by atoms with Gasteiger partial charge < -0.3 is 24.6 Å². The van der Waals surface area contributed by atoms with E-state index >= 15 is 0 Å². The predicted molar refractivity (Wildman–Crippen MR) is 172 cm³/mol. The summed E-state index contributed by atoms with van der Waals surface area (Å²) in [6, 6.07) is 23.0. The van der Waals surface area contributed by atoms with Crippen LogP contribution in [0, 0.1) is 0 Å². The van der Waals surface area contributed by atoms with Crippen LogP contribution in [0.4, 0.5) is 0 Å². The molecule has 2 heterocycles. The van der Waals surface area contributed by atoms with Crippen LogP contribution in [0.2, 0.25) is 0 Å². The van der Waals surface area contributed by atoms with E-state index in [4.69, 9.17) is 14.2 Å². The van der Waals surface area contributed by atoms with Gasteiger partial charge in [-0.25, -0.2) is 8.42 Å². The summed E-state index contributed by atoms with van der Waals surface area (Å²) in [6.07, 6.45) is 2.93. The molecule has 0 saturated carbocycles. The molecule has 5 rings (SSSR count). The lowest BCUT2D eigenvalue weighted by atomic mass is 9.92. The average Bonchev–Trinajstić information content (AvgIpc) is 3.47. The second-order valence-electron chi connectivity index (χ2n) is 10.8. The largest absolute Gasteiger partial charge is 0.497 e. The molecule has 11 nitrogen and oxygen atoms in total. The fraction of sp³-hybridized carbons (Fsp3) is 0.294. The Morgan fingerprint density at radius 1 is 1.02 bits per heavy atom. The van der Waals surface area contributed by atoms with Gasteiger partial charge in [0.2, 0.25) is 22.2 Å². The summed E-state index contributed by atoms with van der Waals surface area (Å²) in [6.45, 7) is 1.13. The zero-order chi connectivity index (χ0) is 32.7. The first kappa shape index (κ1) is 32.9. The van der Waals surface area contributed by atoms with Crippen LogP contribution in [0.5, 0.6) is 5.75 Å². The zero-order valence-electron chi connectivity index (χ0n) is 25.7. The first-order valence-corrected chi connectivity index (χ1v) is 16.3. The minimum atomic E-state index is -3.95. The highest BCUT2D eigenvalue weighted by molar-refractivity contribution is 7.89. The van der Waals surface area contributed by atoms with E-state index < -0.39 is 22.2 Å². The number of nitrogens with zero attached hydrogens (tertiary/aromatic N) is 2. The lowest BCUT2D eigenvalue weighted by Gasteiger charge is -2.30. The van der Waals surface area contributed by atoms with Crippen molar-refractivity contribution in [3.05, 3.63) is 108 Å². The van der Waals surface area contributed by atoms with Crippen molar-refractivity contribution in [3.63, 3.8) is 0 Å². The summed E-state index contributed by atoms with van der Waals surface area (Å²) in [5.74, 6) is -0.341. The monoisotopic (exact) mass is 647 g/mol. The van der Waals surface area contributed by atoms with Crippen LogP contribution in [0.1, 0.15) is 35.2 Å². The molecule has 46 heavy (non-hydrogen) atoms. The molecule has 1 amide bonds. The summed E-state index contributed by atoms with van der Waals surface area (Å²) in [7, 11) is -2.45. The SMILES string of the molecule is COc1ccc(S(=O)(=O)N(CCO)CCO[C@@H]2C[C@H](c3cn(C(C)=O)c4ccccc34)C=C(C(=O)NCc3ccccc3)O2)cc1. The van der Waals surface area contributed by atoms with Crippen LogP contribution in [-0.4, -0.2) is 73.9 Å². The van der Waals surface area contributed by atoms with Crippen molar-refractivity contribution in [1.82, 2.24) is 14.2 Å². The molecule has 0 saturated heterocycles. The van der Waals surface area contributed by atoms with Crippen LogP contribution in [0.3, 0.4) is 0 Å². The van der Waals surface area contributed by atoms with Crippen molar-refractivity contribution in [2.24, 2.45) is 0 Å². The molecule has 2 atom stereocenters. The highest BCUT2D eigenvalue weighted by Crippen LogP contribution is 2.36. The predicted octanol–water partition coefficient (Wildman–Crippen LogP) is 4.04. The van der Waals surface area contributed by atoms with Crippen LogP contribution in [-0.2, 0) is 30.8 Å². The Kier molecular flexibility index (Phi) is 10.5. The van der Waals surface area contributed by atoms with Crippen LogP contribution in [0.25, 0.3) is 10.9 Å². The van der Waals surface area contributed by atoms with Gasteiger partial charge in [0, 0.05) is 50.5 Å². The number of methoxy groups -OCH3 is 1. The number of carbonyl (C=O) groups excluding carboxylic acids is 2. The number of carbonyl (C=O) groups is 2. The van der Waals surface area contributed by atoms with E-state index in [0.29, 0.717) is 18.7 Å². The Morgan fingerprint density at radius 3 is 2.43 bits per heavy atom. The molecule has 0 spiro atoms. The smallest absolute Gasteiger partial charge is 0.286 e. The number of hydrogen-bond acceptors (Lipinski definition) is 8. The third-order valence-corrected chi connectivity index (χ3v) is 9.66. The van der Waals surface area contributed by atoms with Crippen LogP contribution in [0.15, 0.2) is 102 Å². The Bertz CT molecular complexity index is 1800. The zero-order valence-corrected chi connectivity index (χ0v) is 26.5. The number of rotatable bonds is 13. The summed E-state index contributed by atoms with van der Waals surface area (Å²) in [5, 5.41) is 13.4. The van der Waals surface area contributed by atoms with Crippen LogP contribution < -0.4 is 10.1 Å². The molecular formula is C34H37N3O8S. The Balaban J connectivity index is 1.36. The minimum Gasteiger partial charge on any atom is -0.497 e. The van der Waals surface area contributed by atoms with Gasteiger partial charge in [0.25, 0.3) is 5.91 Å². The van der Waals surface area contributed by atoms with Gasteiger partial charge >= 0.3 is 0 Å². The van der Waals surface area contributed by atoms with Crippen LogP contribution >= 0.6 is 0 Å². The molecule has 12 heteroatoms. The third kappa shape index (κ3) is 7.48. The number of sulfonamides is 1. The van der Waals surface area contributed by atoms with Gasteiger partial charge in [-0.15, -0.1) is 0 Å². The fourth-order valence-electron chi connectivity index (χ4n) is 5.41. The fourth-order valence-corrected chi connectivity index (χ4v) is 6.82. The third-order valence-electron chi connectivity index (χ3n) is 7.75. The molecule has 0 fully saturated rings. The molecule has 0 bridgehead atoms. The van der Waals surface area contributed by atoms with Gasteiger partial charge in [-0.1, -0.05) is 48.5 Å². The van der Waals surface area contributed by atoms with E-state index in [-0.39, 0.29) is 48.8 Å². The van der Waals surface area contributed by atoms with E-state index in [1.807, 2.05) is 54.6 Å². The Hall–Kier alpha value is -4.49. The van der Waals surface area contributed by atoms with Crippen molar-refractivity contribution in [3.8, 4) is 5.75 Å². The van der Waals surface area contributed by atoms with E-state index in [1.165, 1.54) is 26.2 Å². The first-order chi connectivity index (χ1) is 22.2. The number of fused-ring (bicyclic) bond motifs is 1. The summed E-state index contributed by atoms with van der Waals surface area (Å²) >= 11 is 0. The topological polar surface area (TPSA) is 136 Å². The second-order valence-corrected chi connectivity index (χ2v) is 12.7. The normalized spacial score (nSPS) is 16.6. The minimum absolute atomic E-state index is 0.0536. The molecule has 2 N–H and O–H groups in total. The van der Waals surface area contributed by atoms with E-state index in [9.17, 15) is 23.1 Å². The van der Waals surface area contributed by atoms with E-state index in [0.717, 1.165) is 26.3 Å². The molecule has 3 aromatic carbocycles. The number of para-hydroxylation sites is 1. The van der Waals surface area contributed by atoms with Crippen molar-refractivity contribution >= 4 is 32.7 Å². The average molecular weight is 648 g/mol. The van der Waals surface area contributed by atoms with Crippen molar-refractivity contribution in [1.29, 1.82) is 0 Å². The summed E-state index contributed by atoms with van der Waals surface area (Å²) in [4.78, 5) is 25.8. The molecule has 0 radical (unpaired) electrons. The number of nitrogens with one attached hydrogen (secondary N) is 1. The number of allylic oxidation sites excluding steroid dienone is 1. The molecule has 1 aliphatic rings. The van der Waals surface area contributed by atoms with Gasteiger partial charge in [-0.3, -0.25) is 14.2 Å². The number of aliphatic hydroxyl groups excluding tert-OH is 1. The quantitative estimate of drug-likeness (QED) is 0.222. The first-order valence-electron chi connectivity index (χ1n) is 14.9. The molecule has 4 aromatic rings. The molecular weight excluding hydrogens is 610 g/mol. The Morgan fingerprint density at radius 2 is 1.74 bits per heavy atom. The summed E-state index contributed by atoms with van der Waals surface area (Å²) in [5.41, 5.74) is 2.50. The lowest BCUT2D eigenvalue weighted by Crippen LogP contribution is -2.38. The number of hydrogen-bond donors (Lipinski definition) is 2. The van der Waals surface area contributed by atoms with E-state index in [1.54, 1.807) is 29.0 Å². The lowest BCUT2D eigenvalue weighted by molar-refractivity contribution is -0.146.